The van der Waals surface area contributed by atoms with Crippen molar-refractivity contribution in [3.8, 4) is 66.6 Å². The fourth-order valence-electron chi connectivity index (χ4n) is 15.6. The van der Waals surface area contributed by atoms with E-state index >= 15 is 13.2 Å². The maximum Gasteiger partial charge on any atom is 0.412 e. The molecule has 18 rings (SSSR count). The summed E-state index contributed by atoms with van der Waals surface area (Å²) in [4.78, 5) is 91.3. The maximum atomic E-state index is 15.3. The van der Waals surface area contributed by atoms with E-state index in [-0.39, 0.29) is 36.5 Å². The van der Waals surface area contributed by atoms with Gasteiger partial charge in [0.1, 0.15) is 51.6 Å². The Morgan fingerprint density at radius 3 is 0.962 bits per heavy atom. The number of alkyl halides is 6. The Labute approximate surface area is 766 Å². The number of thiazole rings is 3. The number of hydrogen-bond donors (Lipinski definition) is 3. The standard InChI is InChI=1S/2C32H30F3N5O4S.C30H26F3N5O4S/c2*1-4-5-18-6-7-19(15-36-18)38-31(41)44-24-8-9-32(34,35)14-26(24)43-25-13-27-22(12-21(25)33)40-30(45-27)20-10-17(2)11-23-29(20)37-16-28(39-23)42-3;1-15-8-18(27-21(9-15)37-26(40-3)14-35-27)28-38-20-10-19(31)23(11-25(20)43-28)41-24-12-30(32,33)7-6-22(24)42-29(39)36-17-5-4-16(2)34-13-17/h2*6-7,10-13,15-16,24,26H,4-5,8-9,14H2,1-3H3,(H,38,41);4-5,8-11,13-14,22,24H,6-7,12H2,1-3H3,(H,36,39)/t2*24-,26+;22-,24+/m111/s1. The number of rotatable bonds is 22. The Morgan fingerprint density at radius 2 is 0.684 bits per heavy atom. The van der Waals surface area contributed by atoms with Crippen molar-refractivity contribution in [3.63, 3.8) is 0 Å². The van der Waals surface area contributed by atoms with Crippen molar-refractivity contribution in [3.05, 3.63) is 198 Å². The summed E-state index contributed by atoms with van der Waals surface area (Å²) in [5.41, 5.74) is 13.4. The van der Waals surface area contributed by atoms with Crippen LogP contribution in [-0.2, 0) is 27.1 Å². The quantitative estimate of drug-likeness (QED) is 0.0419. The van der Waals surface area contributed by atoms with Crippen LogP contribution >= 0.6 is 34.0 Å². The van der Waals surface area contributed by atoms with Crippen molar-refractivity contribution >= 4 is 133 Å². The van der Waals surface area contributed by atoms with Gasteiger partial charge >= 0.3 is 18.3 Å². The largest absolute Gasteiger partial charge is 0.483 e. The minimum atomic E-state index is -3.06. The Kier molecular flexibility index (Phi) is 27.5. The zero-order chi connectivity index (χ0) is 93.7. The number of methoxy groups -OCH3 is 3. The van der Waals surface area contributed by atoms with E-state index in [1.54, 1.807) is 43.3 Å². The molecule has 27 nitrogen and oxygen atoms in total. The lowest BCUT2D eigenvalue weighted by Crippen LogP contribution is -2.45. The van der Waals surface area contributed by atoms with Crippen molar-refractivity contribution in [2.75, 3.05) is 37.3 Å². The van der Waals surface area contributed by atoms with Crippen LogP contribution in [-0.4, -0.2) is 154 Å². The number of carbonyl (C=O) groups excluding carboxylic acids is 3. The highest BCUT2D eigenvalue weighted by Crippen LogP contribution is 2.46. The second-order valence-corrected chi connectivity index (χ2v) is 35.4. The molecule has 39 heteroatoms. The first-order valence-corrected chi connectivity index (χ1v) is 44.9. The predicted octanol–water partition coefficient (Wildman–Crippen LogP) is 23.0. The molecule has 0 radical (unpaired) electrons. The second kappa shape index (κ2) is 39.5. The molecular formula is C94H86F9N15O12S3. The summed E-state index contributed by atoms with van der Waals surface area (Å²) in [6, 6.07) is 29.6. The lowest BCUT2D eigenvalue weighted by Gasteiger charge is -2.35. The van der Waals surface area contributed by atoms with E-state index in [1.165, 1.54) is 129 Å². The third kappa shape index (κ3) is 22.3. The first kappa shape index (κ1) is 92.7. The molecule has 3 saturated carbocycles. The van der Waals surface area contributed by atoms with Gasteiger partial charge in [0.25, 0.3) is 17.8 Å². The summed E-state index contributed by atoms with van der Waals surface area (Å²) in [6.07, 6.45) is -1.11. The minimum Gasteiger partial charge on any atom is -0.483 e. The molecule has 0 spiro atoms. The van der Waals surface area contributed by atoms with Crippen LogP contribution in [0.25, 0.3) is 95.5 Å². The number of pyridine rings is 3. The zero-order valence-electron chi connectivity index (χ0n) is 72.9. The summed E-state index contributed by atoms with van der Waals surface area (Å²) in [5, 5.41) is 9.42. The lowest BCUT2D eigenvalue weighted by molar-refractivity contribution is -0.114. The molecule has 3 aliphatic carbocycles. The van der Waals surface area contributed by atoms with Crippen LogP contribution < -0.4 is 44.4 Å². The van der Waals surface area contributed by atoms with Gasteiger partial charge in [-0.1, -0.05) is 26.7 Å². The topological polar surface area (TPSA) is 325 Å². The number of hydrogen-bond acceptors (Lipinski definition) is 27. The van der Waals surface area contributed by atoms with E-state index in [4.69, 9.17) is 42.6 Å². The van der Waals surface area contributed by atoms with Crippen LogP contribution in [0.5, 0.6) is 34.9 Å². The minimum absolute atomic E-state index is 0.153. The van der Waals surface area contributed by atoms with E-state index in [2.05, 4.69) is 75.8 Å². The number of carbonyl (C=O) groups is 3. The number of benzene rings is 6. The number of amides is 3. The Bertz CT molecular complexity index is 6580. The first-order valence-electron chi connectivity index (χ1n) is 42.4. The molecule has 3 N–H and O–H groups in total. The molecule has 3 aliphatic rings. The Balaban J connectivity index is 0.000000145. The Hall–Kier alpha value is -13.6. The van der Waals surface area contributed by atoms with Crippen molar-refractivity contribution in [2.24, 2.45) is 0 Å². The smallest absolute Gasteiger partial charge is 0.412 e. The van der Waals surface area contributed by atoms with Crippen LogP contribution in [0.15, 0.2) is 146 Å². The van der Waals surface area contributed by atoms with Crippen molar-refractivity contribution in [1.29, 1.82) is 0 Å². The van der Waals surface area contributed by atoms with Crippen LogP contribution in [0.1, 0.15) is 118 Å². The number of halogens is 9. The molecule has 9 heterocycles. The van der Waals surface area contributed by atoms with E-state index < -0.39 is 129 Å². The van der Waals surface area contributed by atoms with Crippen LogP contribution in [0.4, 0.5) is 71.0 Å². The highest BCUT2D eigenvalue weighted by atomic mass is 32.1. The molecule has 3 fully saturated rings. The number of ether oxygens (including phenoxy) is 9. The number of aryl methyl sites for hydroxylation is 6. The third-order valence-corrected chi connectivity index (χ3v) is 25.2. The summed E-state index contributed by atoms with van der Waals surface area (Å²) in [6.45, 7) is 11.6. The van der Waals surface area contributed by atoms with E-state index in [0.29, 0.717) is 130 Å². The highest BCUT2D eigenvalue weighted by Gasteiger charge is 2.48. The summed E-state index contributed by atoms with van der Waals surface area (Å²) in [7, 11) is 4.53. The van der Waals surface area contributed by atoms with E-state index in [0.717, 1.165) is 59.5 Å². The number of nitrogens with one attached hydrogen (secondary N) is 3. The molecule has 15 aromatic rings. The highest BCUT2D eigenvalue weighted by molar-refractivity contribution is 7.22. The molecule has 3 amide bonds. The van der Waals surface area contributed by atoms with Crippen molar-refractivity contribution in [2.45, 2.75) is 179 Å². The first-order chi connectivity index (χ1) is 63.8. The van der Waals surface area contributed by atoms with Gasteiger partial charge in [0.05, 0.1) is 159 Å². The summed E-state index contributed by atoms with van der Waals surface area (Å²) < 4.78 is 184. The summed E-state index contributed by atoms with van der Waals surface area (Å²) >= 11 is 3.83. The van der Waals surface area contributed by atoms with Gasteiger partial charge in [-0.05, 0) is 149 Å². The molecule has 0 bridgehead atoms. The average Bonchev–Trinajstić information content (AvgIpc) is 1.65. The number of anilines is 3. The van der Waals surface area contributed by atoms with Crippen LogP contribution in [0.2, 0.25) is 0 Å². The van der Waals surface area contributed by atoms with Gasteiger partial charge in [0.2, 0.25) is 17.6 Å². The van der Waals surface area contributed by atoms with E-state index in [9.17, 15) is 40.7 Å². The fraction of sp³-hybridized carbons (Fsp3) is 0.330. The van der Waals surface area contributed by atoms with Gasteiger partial charge in [-0.3, -0.25) is 30.9 Å². The normalized spacial score (nSPS) is 17.8. The molecular weight excluding hydrogens is 1800 g/mol. The zero-order valence-corrected chi connectivity index (χ0v) is 75.4. The molecule has 6 aromatic carbocycles. The second-order valence-electron chi connectivity index (χ2n) is 32.3. The molecule has 0 aliphatic heterocycles. The monoisotopic (exact) mass is 1880 g/mol. The molecule has 0 saturated heterocycles. The van der Waals surface area contributed by atoms with Gasteiger partial charge in [0, 0.05) is 89.4 Å². The third-order valence-electron chi connectivity index (χ3n) is 22.0. The predicted molar refractivity (Wildman–Crippen MR) is 485 cm³/mol. The van der Waals surface area contributed by atoms with Gasteiger partial charge in [-0.25, -0.2) is 98.8 Å². The SMILES string of the molecule is CCCc1ccc(NC(=O)O[C@@H]2CCC(F)(F)C[C@@H]2Oc2cc3sc(-c4cc(C)cc5nc(OC)cnc45)nc3cc2F)cn1.CCCc1ccc(NC(=O)O[C@@H]2CCC(F)(F)C[C@@H]2Oc2cc3sc(-c4cc(C)cc5nc(OC)cnc45)nc3cc2F)cn1.COc1cnc2c(-c3nc4cc(F)c(O[C@H]5CC(F)(F)CC[C@H]5OC(=O)Nc5ccc(C)nc5)cc4s3)cc(C)cc2n1. The summed E-state index contributed by atoms with van der Waals surface area (Å²) in [5.74, 6) is -11.1. The maximum absolute atomic E-state index is 15.3. The molecule has 0 unspecified atom stereocenters. The van der Waals surface area contributed by atoms with Crippen molar-refractivity contribution in [1.82, 2.24) is 59.8 Å². The van der Waals surface area contributed by atoms with E-state index in [1.807, 2.05) is 71.0 Å². The fourth-order valence-corrected chi connectivity index (χ4v) is 18.6. The molecule has 9 aromatic heterocycles. The molecule has 133 heavy (non-hydrogen) atoms. The molecule has 6 atom stereocenters. The van der Waals surface area contributed by atoms with Crippen molar-refractivity contribution < 1.29 is 96.5 Å². The Morgan fingerprint density at radius 1 is 0.376 bits per heavy atom. The van der Waals surface area contributed by atoms with Gasteiger partial charge < -0.3 is 42.6 Å². The number of nitrogens with zero attached hydrogens (tertiary/aromatic N) is 12. The van der Waals surface area contributed by atoms with Gasteiger partial charge in [-0.2, -0.15) is 0 Å². The average molecular weight is 1880 g/mol. The molecule has 690 valence electrons. The number of fused-ring (bicyclic) bond motifs is 6. The lowest BCUT2D eigenvalue weighted by atomic mass is 9.91. The van der Waals surface area contributed by atoms with Crippen LogP contribution in [0, 0.1) is 45.1 Å². The van der Waals surface area contributed by atoms with Gasteiger partial charge in [0.15, 0.2) is 34.7 Å². The van der Waals surface area contributed by atoms with Gasteiger partial charge in [-0.15, -0.1) is 34.0 Å². The number of aromatic nitrogens is 12. The van der Waals surface area contributed by atoms with Crippen LogP contribution in [0.3, 0.4) is 0 Å².